The van der Waals surface area contributed by atoms with Crippen LogP contribution >= 0.6 is 23.2 Å². The molecule has 0 radical (unpaired) electrons. The molecule has 2 rings (SSSR count). The van der Waals surface area contributed by atoms with Gasteiger partial charge in [-0.2, -0.15) is 0 Å². The van der Waals surface area contributed by atoms with Gasteiger partial charge in [-0.05, 0) is 30.2 Å². The molecule has 138 valence electrons. The average Bonchev–Trinajstić information content (AvgIpc) is 2.62. The quantitative estimate of drug-likeness (QED) is 0.695. The van der Waals surface area contributed by atoms with Crippen molar-refractivity contribution in [3.63, 3.8) is 0 Å². The summed E-state index contributed by atoms with van der Waals surface area (Å²) in [6, 6.07) is 12.4. The third-order valence-corrected chi connectivity index (χ3v) is 4.21. The number of benzene rings is 2. The lowest BCUT2D eigenvalue weighted by Crippen LogP contribution is -2.30. The van der Waals surface area contributed by atoms with E-state index in [-0.39, 0.29) is 18.9 Å². The van der Waals surface area contributed by atoms with E-state index in [1.165, 1.54) is 7.11 Å². The molecule has 0 aliphatic heterocycles. The van der Waals surface area contributed by atoms with Crippen molar-refractivity contribution in [1.82, 2.24) is 5.32 Å². The zero-order valence-electron chi connectivity index (χ0n) is 14.3. The summed E-state index contributed by atoms with van der Waals surface area (Å²) < 4.78 is 10.2. The topological polar surface area (TPSA) is 64.6 Å². The Labute approximate surface area is 162 Å². The fourth-order valence-corrected chi connectivity index (χ4v) is 2.82. The Hall–Kier alpha value is -2.24. The Morgan fingerprint density at radius 3 is 2.58 bits per heavy atom. The number of ether oxygens (including phenoxy) is 2. The molecule has 0 aliphatic rings. The van der Waals surface area contributed by atoms with E-state index in [2.05, 4.69) is 5.32 Å². The van der Waals surface area contributed by atoms with Crippen LogP contribution in [0.1, 0.15) is 11.1 Å². The first-order chi connectivity index (χ1) is 12.5. The number of para-hydroxylation sites is 1. The Kier molecular flexibility index (Phi) is 7.75. The number of halogens is 2. The van der Waals surface area contributed by atoms with E-state index in [0.717, 1.165) is 5.56 Å². The summed E-state index contributed by atoms with van der Waals surface area (Å²) in [6.07, 6.45) is 0.592. The lowest BCUT2D eigenvalue weighted by atomic mass is 10.1. The molecule has 0 saturated heterocycles. The minimum absolute atomic E-state index is 0.0394. The standard InChI is InChI=1S/C19H19Cl2NO4/c1-25-17-5-3-2-4-14(17)10-19(24)26-12-18(23)22-9-8-13-6-7-15(20)11-16(13)21/h2-7,11H,8-10,12H2,1H3,(H,22,23). The molecule has 0 atom stereocenters. The number of hydrogen-bond acceptors (Lipinski definition) is 4. The van der Waals surface area contributed by atoms with E-state index in [9.17, 15) is 9.59 Å². The van der Waals surface area contributed by atoms with Crippen LogP contribution in [0.2, 0.25) is 10.0 Å². The highest BCUT2D eigenvalue weighted by Crippen LogP contribution is 2.21. The van der Waals surface area contributed by atoms with Crippen molar-refractivity contribution in [3.8, 4) is 5.75 Å². The molecule has 0 spiro atoms. The van der Waals surface area contributed by atoms with E-state index in [0.29, 0.717) is 34.3 Å². The van der Waals surface area contributed by atoms with E-state index >= 15 is 0 Å². The average molecular weight is 396 g/mol. The summed E-state index contributed by atoms with van der Waals surface area (Å²) in [5.74, 6) is -0.261. The van der Waals surface area contributed by atoms with E-state index in [1.54, 1.807) is 30.3 Å². The van der Waals surface area contributed by atoms with Crippen molar-refractivity contribution in [3.05, 3.63) is 63.6 Å². The number of rotatable bonds is 8. The van der Waals surface area contributed by atoms with Crippen molar-refractivity contribution in [2.45, 2.75) is 12.8 Å². The molecule has 26 heavy (non-hydrogen) atoms. The van der Waals surface area contributed by atoms with Crippen molar-refractivity contribution in [2.75, 3.05) is 20.3 Å². The minimum Gasteiger partial charge on any atom is -0.496 e. The summed E-state index contributed by atoms with van der Waals surface area (Å²) in [7, 11) is 1.53. The molecule has 0 aromatic heterocycles. The maximum atomic E-state index is 11.9. The normalized spacial score (nSPS) is 10.3. The van der Waals surface area contributed by atoms with Crippen LogP contribution in [0.25, 0.3) is 0 Å². The highest BCUT2D eigenvalue weighted by molar-refractivity contribution is 6.35. The molecule has 2 aromatic rings. The molecule has 0 aliphatic carbocycles. The lowest BCUT2D eigenvalue weighted by molar-refractivity contribution is -0.147. The third kappa shape index (κ3) is 6.24. The van der Waals surface area contributed by atoms with Crippen LogP contribution < -0.4 is 10.1 Å². The van der Waals surface area contributed by atoms with E-state index in [1.807, 2.05) is 12.1 Å². The second kappa shape index (κ2) is 10.0. The van der Waals surface area contributed by atoms with E-state index < -0.39 is 5.97 Å². The van der Waals surface area contributed by atoms with E-state index in [4.69, 9.17) is 32.7 Å². The fraction of sp³-hybridized carbons (Fsp3) is 0.263. The Balaban J connectivity index is 1.72. The summed E-state index contributed by atoms with van der Waals surface area (Å²) in [5.41, 5.74) is 1.59. The van der Waals surface area contributed by atoms with Gasteiger partial charge in [-0.1, -0.05) is 47.5 Å². The molecule has 0 saturated carbocycles. The summed E-state index contributed by atoms with van der Waals surface area (Å²) in [4.78, 5) is 23.7. The third-order valence-electron chi connectivity index (χ3n) is 3.62. The number of carbonyl (C=O) groups excluding carboxylic acids is 2. The largest absolute Gasteiger partial charge is 0.496 e. The van der Waals surface area contributed by atoms with Gasteiger partial charge >= 0.3 is 5.97 Å². The molecule has 5 nitrogen and oxygen atoms in total. The van der Waals surface area contributed by atoms with Crippen LogP contribution in [0, 0.1) is 0 Å². The Bertz CT molecular complexity index is 780. The van der Waals surface area contributed by atoms with Crippen molar-refractivity contribution < 1.29 is 19.1 Å². The maximum Gasteiger partial charge on any atom is 0.310 e. The van der Waals surface area contributed by atoms with Crippen LogP contribution in [-0.2, 0) is 27.2 Å². The van der Waals surface area contributed by atoms with Crippen LogP contribution in [0.5, 0.6) is 5.75 Å². The zero-order chi connectivity index (χ0) is 18.9. The number of nitrogens with one attached hydrogen (secondary N) is 1. The van der Waals surface area contributed by atoms with Crippen LogP contribution in [0.15, 0.2) is 42.5 Å². The first-order valence-electron chi connectivity index (χ1n) is 7.97. The molecule has 0 unspecified atom stereocenters. The second-order valence-electron chi connectivity index (χ2n) is 5.48. The van der Waals surface area contributed by atoms with Gasteiger partial charge < -0.3 is 14.8 Å². The van der Waals surface area contributed by atoms with Gasteiger partial charge in [0.15, 0.2) is 6.61 Å². The lowest BCUT2D eigenvalue weighted by Gasteiger charge is -2.09. The SMILES string of the molecule is COc1ccccc1CC(=O)OCC(=O)NCCc1ccc(Cl)cc1Cl. The Morgan fingerprint density at radius 2 is 1.85 bits per heavy atom. The highest BCUT2D eigenvalue weighted by atomic mass is 35.5. The van der Waals surface area contributed by atoms with Gasteiger partial charge in [0.1, 0.15) is 5.75 Å². The van der Waals surface area contributed by atoms with Gasteiger partial charge in [-0.25, -0.2) is 0 Å². The van der Waals surface area contributed by atoms with Gasteiger partial charge in [-0.3, -0.25) is 9.59 Å². The molecule has 0 fully saturated rings. The van der Waals surface area contributed by atoms with Crippen molar-refractivity contribution >= 4 is 35.1 Å². The maximum absolute atomic E-state index is 11.9. The minimum atomic E-state index is -0.495. The molecule has 1 N–H and O–H groups in total. The number of hydrogen-bond donors (Lipinski definition) is 1. The van der Waals surface area contributed by atoms with Crippen molar-refractivity contribution in [2.24, 2.45) is 0 Å². The van der Waals surface area contributed by atoms with Gasteiger partial charge in [0.2, 0.25) is 0 Å². The molecular weight excluding hydrogens is 377 g/mol. The molecule has 1 amide bonds. The molecule has 7 heteroatoms. The molecule has 0 heterocycles. The Morgan fingerprint density at radius 1 is 1.08 bits per heavy atom. The predicted molar refractivity (Wildman–Crippen MR) is 101 cm³/mol. The second-order valence-corrected chi connectivity index (χ2v) is 6.33. The first-order valence-corrected chi connectivity index (χ1v) is 8.73. The molecule has 0 bridgehead atoms. The molecule has 2 aromatic carbocycles. The zero-order valence-corrected chi connectivity index (χ0v) is 15.8. The number of esters is 1. The summed E-state index contributed by atoms with van der Waals surface area (Å²) >= 11 is 11.9. The highest BCUT2D eigenvalue weighted by Gasteiger charge is 2.11. The smallest absolute Gasteiger partial charge is 0.310 e. The first kappa shape index (κ1) is 20.1. The van der Waals surface area contributed by atoms with Crippen LogP contribution in [-0.4, -0.2) is 32.1 Å². The molecular formula is C19H19Cl2NO4. The monoisotopic (exact) mass is 395 g/mol. The van der Waals surface area contributed by atoms with Gasteiger partial charge in [0.25, 0.3) is 5.91 Å². The van der Waals surface area contributed by atoms with Gasteiger partial charge in [0, 0.05) is 22.2 Å². The van der Waals surface area contributed by atoms with Gasteiger partial charge in [0.05, 0.1) is 13.5 Å². The number of carbonyl (C=O) groups is 2. The van der Waals surface area contributed by atoms with Crippen molar-refractivity contribution in [1.29, 1.82) is 0 Å². The number of amides is 1. The van der Waals surface area contributed by atoms with Crippen LogP contribution in [0.3, 0.4) is 0 Å². The predicted octanol–water partition coefficient (Wildman–Crippen LogP) is 3.45. The van der Waals surface area contributed by atoms with Gasteiger partial charge in [-0.15, -0.1) is 0 Å². The summed E-state index contributed by atoms with van der Waals surface area (Å²) in [5, 5.41) is 3.79. The fourth-order valence-electron chi connectivity index (χ4n) is 2.31. The summed E-state index contributed by atoms with van der Waals surface area (Å²) in [6.45, 7) is 0.0482. The van der Waals surface area contributed by atoms with Crippen LogP contribution in [0.4, 0.5) is 0 Å². The number of methoxy groups -OCH3 is 1.